The lowest BCUT2D eigenvalue weighted by atomic mass is 10.0. The van der Waals surface area contributed by atoms with Gasteiger partial charge in [-0.1, -0.05) is 47.5 Å². The molecule has 9 heteroatoms. The molecule has 1 amide bonds. The topological polar surface area (TPSA) is 61.9 Å². The van der Waals surface area contributed by atoms with Crippen molar-refractivity contribution in [1.29, 1.82) is 0 Å². The van der Waals surface area contributed by atoms with E-state index in [1.165, 1.54) is 24.0 Å². The molecule has 1 fully saturated rings. The molecule has 2 heterocycles. The number of methoxy groups -OCH3 is 1. The summed E-state index contributed by atoms with van der Waals surface area (Å²) < 4.78 is 4.99. The molecule has 1 aliphatic rings. The molecule has 1 aromatic heterocycles. The Morgan fingerprint density at radius 1 is 1.00 bits per heavy atom. The van der Waals surface area contributed by atoms with E-state index in [4.69, 9.17) is 27.9 Å². The first-order valence-electron chi connectivity index (χ1n) is 10.9. The lowest BCUT2D eigenvalue weighted by Gasteiger charge is -2.34. The van der Waals surface area contributed by atoms with Gasteiger partial charge < -0.3 is 10.1 Å². The van der Waals surface area contributed by atoms with E-state index in [0.717, 1.165) is 43.3 Å². The monoisotopic (exact) mass is 517 g/mol. The van der Waals surface area contributed by atoms with Crippen LogP contribution in [0.4, 0.5) is 5.00 Å². The smallest absolute Gasteiger partial charge is 0.341 e. The summed E-state index contributed by atoms with van der Waals surface area (Å²) >= 11 is 13.4. The lowest BCUT2D eigenvalue weighted by Crippen LogP contribution is -2.48. The highest BCUT2D eigenvalue weighted by Gasteiger charge is 2.24. The number of amides is 1. The van der Waals surface area contributed by atoms with Crippen molar-refractivity contribution in [3.8, 4) is 11.1 Å². The Balaban J connectivity index is 1.36. The number of ether oxygens (including phenoxy) is 1. The molecule has 178 valence electrons. The number of esters is 1. The zero-order valence-corrected chi connectivity index (χ0v) is 21.1. The van der Waals surface area contributed by atoms with Crippen molar-refractivity contribution in [2.75, 3.05) is 45.2 Å². The Kier molecular flexibility index (Phi) is 8.24. The number of piperazine rings is 1. The molecule has 3 aromatic rings. The average molecular weight is 518 g/mol. The van der Waals surface area contributed by atoms with E-state index >= 15 is 0 Å². The molecule has 4 rings (SSSR count). The zero-order chi connectivity index (χ0) is 24.1. The molecule has 0 radical (unpaired) electrons. The Bertz CT molecular complexity index is 1160. The van der Waals surface area contributed by atoms with Gasteiger partial charge in [0.25, 0.3) is 0 Å². The fourth-order valence-corrected chi connectivity index (χ4v) is 5.28. The molecule has 0 atom stereocenters. The lowest BCUT2D eigenvalue weighted by molar-refractivity contribution is -0.117. The van der Waals surface area contributed by atoms with Crippen molar-refractivity contribution < 1.29 is 14.3 Å². The number of nitrogens with one attached hydrogen (secondary N) is 1. The van der Waals surface area contributed by atoms with Crippen molar-refractivity contribution >= 4 is 51.4 Å². The van der Waals surface area contributed by atoms with Crippen LogP contribution in [-0.2, 0) is 16.1 Å². The quantitative estimate of drug-likeness (QED) is 0.432. The van der Waals surface area contributed by atoms with Crippen molar-refractivity contribution in [3.05, 3.63) is 75.1 Å². The number of nitrogens with zero attached hydrogens (tertiary/aromatic N) is 2. The van der Waals surface area contributed by atoms with Crippen LogP contribution in [0.25, 0.3) is 11.1 Å². The summed E-state index contributed by atoms with van der Waals surface area (Å²) in [6.45, 7) is 4.42. The Labute approximate surface area is 213 Å². The second-order valence-corrected chi connectivity index (χ2v) is 9.83. The maximum absolute atomic E-state index is 12.8. The van der Waals surface area contributed by atoms with Crippen LogP contribution in [0, 0.1) is 0 Å². The molecule has 2 aromatic carbocycles. The van der Waals surface area contributed by atoms with Crippen molar-refractivity contribution in [2.24, 2.45) is 0 Å². The van der Waals surface area contributed by atoms with Crippen LogP contribution in [0.5, 0.6) is 0 Å². The first kappa shape index (κ1) is 24.7. The Morgan fingerprint density at radius 3 is 2.38 bits per heavy atom. The SMILES string of the molecule is COC(=O)c1c(-c2ccc(Cl)cc2)csc1NC(=O)CN1CCN(Cc2cccc(Cl)c2)CC1. The predicted molar refractivity (Wildman–Crippen MR) is 138 cm³/mol. The fraction of sp³-hybridized carbons (Fsp3) is 0.280. The minimum Gasteiger partial charge on any atom is -0.465 e. The van der Waals surface area contributed by atoms with Gasteiger partial charge in [-0.25, -0.2) is 4.79 Å². The van der Waals surface area contributed by atoms with E-state index in [-0.39, 0.29) is 12.5 Å². The number of hydrogen-bond donors (Lipinski definition) is 1. The second kappa shape index (κ2) is 11.3. The third kappa shape index (κ3) is 6.17. The minimum absolute atomic E-state index is 0.155. The zero-order valence-electron chi connectivity index (χ0n) is 18.7. The van der Waals surface area contributed by atoms with Crippen LogP contribution in [0.3, 0.4) is 0 Å². The number of hydrogen-bond acceptors (Lipinski definition) is 6. The van der Waals surface area contributed by atoms with Crippen LogP contribution < -0.4 is 5.32 Å². The van der Waals surface area contributed by atoms with Gasteiger partial charge in [-0.3, -0.25) is 14.6 Å². The summed E-state index contributed by atoms with van der Waals surface area (Å²) in [6.07, 6.45) is 0. The van der Waals surface area contributed by atoms with Gasteiger partial charge in [-0.2, -0.15) is 0 Å². The molecule has 6 nitrogen and oxygen atoms in total. The van der Waals surface area contributed by atoms with E-state index < -0.39 is 5.97 Å². The van der Waals surface area contributed by atoms with Gasteiger partial charge >= 0.3 is 5.97 Å². The Morgan fingerprint density at radius 2 is 1.71 bits per heavy atom. The van der Waals surface area contributed by atoms with E-state index in [1.54, 1.807) is 12.1 Å². The number of carbonyl (C=O) groups excluding carboxylic acids is 2. The van der Waals surface area contributed by atoms with E-state index in [9.17, 15) is 9.59 Å². The highest BCUT2D eigenvalue weighted by molar-refractivity contribution is 7.15. The Hall–Kier alpha value is -2.42. The molecule has 1 N–H and O–H groups in total. The summed E-state index contributed by atoms with van der Waals surface area (Å²) in [4.78, 5) is 29.8. The molecule has 1 aliphatic heterocycles. The predicted octanol–water partition coefficient (Wildman–Crippen LogP) is 5.26. The van der Waals surface area contributed by atoms with Crippen LogP contribution in [-0.4, -0.2) is 61.5 Å². The highest BCUT2D eigenvalue weighted by atomic mass is 35.5. The standard InChI is InChI=1S/C25H25Cl2N3O3S/c1-33-25(32)23-21(18-5-7-19(26)8-6-18)16-34-24(23)28-22(31)15-30-11-9-29(10-12-30)14-17-3-2-4-20(27)13-17/h2-8,13,16H,9-12,14-15H2,1H3,(H,28,31). The highest BCUT2D eigenvalue weighted by Crippen LogP contribution is 2.36. The molecule has 0 unspecified atom stereocenters. The van der Waals surface area contributed by atoms with Gasteiger partial charge in [-0.15, -0.1) is 11.3 Å². The molecule has 34 heavy (non-hydrogen) atoms. The van der Waals surface area contributed by atoms with Crippen LogP contribution in [0.15, 0.2) is 53.9 Å². The maximum atomic E-state index is 12.8. The van der Waals surface area contributed by atoms with Gasteiger partial charge in [-0.05, 0) is 35.4 Å². The molecular weight excluding hydrogens is 493 g/mol. The van der Waals surface area contributed by atoms with Gasteiger partial charge in [0.15, 0.2) is 0 Å². The molecule has 0 bridgehead atoms. The van der Waals surface area contributed by atoms with Gasteiger partial charge in [0, 0.05) is 53.7 Å². The van der Waals surface area contributed by atoms with Gasteiger partial charge in [0.1, 0.15) is 10.6 Å². The first-order valence-corrected chi connectivity index (χ1v) is 12.5. The molecular formula is C25H25Cl2N3O3S. The normalized spacial score (nSPS) is 14.7. The summed E-state index contributed by atoms with van der Waals surface area (Å²) in [5.41, 5.74) is 3.08. The van der Waals surface area contributed by atoms with Crippen LogP contribution in [0.1, 0.15) is 15.9 Å². The van der Waals surface area contributed by atoms with Crippen molar-refractivity contribution in [1.82, 2.24) is 9.80 Å². The number of thiophene rings is 1. The van der Waals surface area contributed by atoms with E-state index in [0.29, 0.717) is 21.2 Å². The van der Waals surface area contributed by atoms with Gasteiger partial charge in [0.2, 0.25) is 5.91 Å². The summed E-state index contributed by atoms with van der Waals surface area (Å²) in [5, 5.41) is 6.60. The van der Waals surface area contributed by atoms with Crippen LogP contribution >= 0.6 is 34.5 Å². The largest absolute Gasteiger partial charge is 0.465 e. The van der Waals surface area contributed by atoms with Crippen molar-refractivity contribution in [3.63, 3.8) is 0 Å². The third-order valence-corrected chi connectivity index (χ3v) is 7.10. The molecule has 0 spiro atoms. The first-order chi connectivity index (χ1) is 16.4. The molecule has 0 aliphatic carbocycles. The summed E-state index contributed by atoms with van der Waals surface area (Å²) in [7, 11) is 1.33. The number of carbonyl (C=O) groups is 2. The van der Waals surface area contributed by atoms with Gasteiger partial charge in [0.05, 0.1) is 13.7 Å². The van der Waals surface area contributed by atoms with E-state index in [1.807, 2.05) is 35.7 Å². The average Bonchev–Trinajstić information content (AvgIpc) is 3.23. The number of benzene rings is 2. The van der Waals surface area contributed by atoms with E-state index in [2.05, 4.69) is 21.2 Å². The number of anilines is 1. The van der Waals surface area contributed by atoms with Crippen molar-refractivity contribution in [2.45, 2.75) is 6.54 Å². The molecule has 0 saturated carbocycles. The van der Waals surface area contributed by atoms with Crippen LogP contribution in [0.2, 0.25) is 10.0 Å². The summed E-state index contributed by atoms with van der Waals surface area (Å²) in [5.74, 6) is -0.644. The minimum atomic E-state index is -0.490. The third-order valence-electron chi connectivity index (χ3n) is 5.72. The number of halogens is 2. The summed E-state index contributed by atoms with van der Waals surface area (Å²) in [6, 6.07) is 15.1. The second-order valence-electron chi connectivity index (χ2n) is 8.08. The fourth-order valence-electron chi connectivity index (χ4n) is 3.96. The number of rotatable bonds is 7. The molecule has 1 saturated heterocycles. The maximum Gasteiger partial charge on any atom is 0.341 e.